The second-order valence-electron chi connectivity index (χ2n) is 5.44. The summed E-state index contributed by atoms with van der Waals surface area (Å²) in [7, 11) is 0. The number of rotatable bonds is 4. The highest BCUT2D eigenvalue weighted by Crippen LogP contribution is 2.33. The van der Waals surface area contributed by atoms with Crippen molar-refractivity contribution in [2.24, 2.45) is 17.7 Å². The van der Waals surface area contributed by atoms with Gasteiger partial charge in [0.1, 0.15) is 12.3 Å². The van der Waals surface area contributed by atoms with Crippen LogP contribution in [0.1, 0.15) is 33.1 Å². The van der Waals surface area contributed by atoms with Crippen LogP contribution in [-0.2, 0) is 0 Å². The van der Waals surface area contributed by atoms with Crippen molar-refractivity contribution in [3.8, 4) is 5.88 Å². The Morgan fingerprint density at radius 3 is 2.60 bits per heavy atom. The molecule has 1 fully saturated rings. The molecule has 0 aromatic carbocycles. The molecule has 8 heteroatoms. The number of ether oxygens (including phenoxy) is 1. The Morgan fingerprint density at radius 2 is 2.05 bits per heavy atom. The van der Waals surface area contributed by atoms with Gasteiger partial charge in [0.05, 0.1) is 4.92 Å². The number of nitrogens with two attached hydrogens (primary N) is 1. The van der Waals surface area contributed by atoms with E-state index in [2.05, 4.69) is 29.2 Å². The van der Waals surface area contributed by atoms with Gasteiger partial charge in [-0.3, -0.25) is 15.5 Å². The van der Waals surface area contributed by atoms with E-state index >= 15 is 0 Å². The standard InChI is InChI=1S/C12H19N5O3/c1-7-3-8(2)5-9(4-7)20-11-10(17(18)19)6-14-12(15-11)16-13/h6-9H,3-5,13H2,1-2H3,(H,14,15,16). The molecule has 0 saturated heterocycles. The average Bonchev–Trinajstić information content (AvgIpc) is 2.37. The van der Waals surface area contributed by atoms with Gasteiger partial charge in [0.2, 0.25) is 5.95 Å². The summed E-state index contributed by atoms with van der Waals surface area (Å²) in [4.78, 5) is 18.1. The number of anilines is 1. The van der Waals surface area contributed by atoms with Gasteiger partial charge in [0.25, 0.3) is 5.88 Å². The van der Waals surface area contributed by atoms with Crippen LogP contribution in [0.3, 0.4) is 0 Å². The Labute approximate surface area is 116 Å². The van der Waals surface area contributed by atoms with Crippen LogP contribution in [0.4, 0.5) is 11.6 Å². The van der Waals surface area contributed by atoms with Crippen molar-refractivity contribution in [3.05, 3.63) is 16.3 Å². The van der Waals surface area contributed by atoms with Gasteiger partial charge in [0, 0.05) is 0 Å². The molecule has 1 aliphatic rings. The third-order valence-corrected chi connectivity index (χ3v) is 3.48. The van der Waals surface area contributed by atoms with Gasteiger partial charge in [0.15, 0.2) is 0 Å². The van der Waals surface area contributed by atoms with Crippen molar-refractivity contribution < 1.29 is 9.66 Å². The Morgan fingerprint density at radius 1 is 1.40 bits per heavy atom. The molecule has 1 heterocycles. The SMILES string of the molecule is CC1CC(C)CC(Oc2nc(NN)ncc2[N+](=O)[O-])C1. The number of hydrogen-bond donors (Lipinski definition) is 2. The van der Waals surface area contributed by atoms with Crippen LogP contribution >= 0.6 is 0 Å². The van der Waals surface area contributed by atoms with E-state index in [4.69, 9.17) is 10.6 Å². The molecule has 0 radical (unpaired) electrons. The van der Waals surface area contributed by atoms with Gasteiger partial charge in [-0.2, -0.15) is 4.98 Å². The fourth-order valence-electron chi connectivity index (χ4n) is 2.77. The summed E-state index contributed by atoms with van der Waals surface area (Å²) >= 11 is 0. The highest BCUT2D eigenvalue weighted by atomic mass is 16.6. The van der Waals surface area contributed by atoms with Crippen LogP contribution in [0.2, 0.25) is 0 Å². The van der Waals surface area contributed by atoms with Gasteiger partial charge in [-0.1, -0.05) is 13.8 Å². The van der Waals surface area contributed by atoms with Gasteiger partial charge in [-0.05, 0) is 31.1 Å². The highest BCUT2D eigenvalue weighted by Gasteiger charge is 2.28. The van der Waals surface area contributed by atoms with Crippen molar-refractivity contribution in [3.63, 3.8) is 0 Å². The third-order valence-electron chi connectivity index (χ3n) is 3.48. The predicted octanol–water partition coefficient (Wildman–Crippen LogP) is 1.87. The van der Waals surface area contributed by atoms with Crippen molar-refractivity contribution in [2.45, 2.75) is 39.2 Å². The van der Waals surface area contributed by atoms with E-state index in [9.17, 15) is 10.1 Å². The molecule has 2 atom stereocenters. The molecule has 0 spiro atoms. The van der Waals surface area contributed by atoms with Crippen LogP contribution in [0.25, 0.3) is 0 Å². The predicted molar refractivity (Wildman–Crippen MR) is 73.1 cm³/mol. The molecule has 0 amide bonds. The van der Waals surface area contributed by atoms with Gasteiger partial charge in [-0.25, -0.2) is 10.8 Å². The van der Waals surface area contributed by atoms with Gasteiger partial charge in [-0.15, -0.1) is 0 Å². The van der Waals surface area contributed by atoms with Gasteiger partial charge < -0.3 is 4.74 Å². The number of hydrazine groups is 1. The molecular weight excluding hydrogens is 262 g/mol. The van der Waals surface area contributed by atoms with Crippen molar-refractivity contribution >= 4 is 11.6 Å². The Kier molecular flexibility index (Phi) is 4.33. The summed E-state index contributed by atoms with van der Waals surface area (Å²) < 4.78 is 5.74. The summed E-state index contributed by atoms with van der Waals surface area (Å²) in [6.07, 6.45) is 3.94. The molecule has 8 nitrogen and oxygen atoms in total. The van der Waals surface area contributed by atoms with E-state index in [0.717, 1.165) is 25.5 Å². The molecule has 20 heavy (non-hydrogen) atoms. The summed E-state index contributed by atoms with van der Waals surface area (Å²) in [6, 6.07) is 0. The molecular formula is C12H19N5O3. The first kappa shape index (κ1) is 14.4. The molecule has 1 aromatic rings. The third kappa shape index (κ3) is 3.32. The van der Waals surface area contributed by atoms with Crippen LogP contribution in [0.15, 0.2) is 6.20 Å². The van der Waals surface area contributed by atoms with E-state index in [1.165, 1.54) is 0 Å². The number of aromatic nitrogens is 2. The lowest BCUT2D eigenvalue weighted by Gasteiger charge is -2.31. The van der Waals surface area contributed by atoms with Gasteiger partial charge >= 0.3 is 5.69 Å². The number of nitro groups is 1. The first-order valence-electron chi connectivity index (χ1n) is 6.64. The summed E-state index contributed by atoms with van der Waals surface area (Å²) in [5, 5.41) is 11.0. The minimum absolute atomic E-state index is 0.0238. The highest BCUT2D eigenvalue weighted by molar-refractivity contribution is 5.42. The van der Waals surface area contributed by atoms with E-state index in [1.54, 1.807) is 0 Å². The summed E-state index contributed by atoms with van der Waals surface area (Å²) in [5.41, 5.74) is 2.02. The quantitative estimate of drug-likeness (QED) is 0.491. The largest absolute Gasteiger partial charge is 0.469 e. The van der Waals surface area contributed by atoms with Crippen LogP contribution in [0.5, 0.6) is 5.88 Å². The second-order valence-corrected chi connectivity index (χ2v) is 5.44. The molecule has 3 N–H and O–H groups in total. The minimum atomic E-state index is -0.550. The van der Waals surface area contributed by atoms with E-state index in [1.807, 2.05) is 0 Å². The molecule has 1 aliphatic carbocycles. The second kappa shape index (κ2) is 6.00. The summed E-state index contributed by atoms with van der Waals surface area (Å²) in [6.45, 7) is 4.32. The lowest BCUT2D eigenvalue weighted by Crippen LogP contribution is -2.29. The topological polar surface area (TPSA) is 116 Å². The zero-order valence-electron chi connectivity index (χ0n) is 11.6. The van der Waals surface area contributed by atoms with Crippen molar-refractivity contribution in [2.75, 3.05) is 5.43 Å². The fourth-order valence-corrected chi connectivity index (χ4v) is 2.77. The van der Waals surface area contributed by atoms with E-state index in [-0.39, 0.29) is 23.6 Å². The first-order valence-corrected chi connectivity index (χ1v) is 6.64. The zero-order valence-corrected chi connectivity index (χ0v) is 11.6. The van der Waals surface area contributed by atoms with Crippen molar-refractivity contribution in [1.29, 1.82) is 0 Å². The number of nitrogens with zero attached hydrogens (tertiary/aromatic N) is 3. The molecule has 1 saturated carbocycles. The number of nitrogens with one attached hydrogen (secondary N) is 1. The molecule has 0 aliphatic heterocycles. The Bertz CT molecular complexity index is 486. The smallest absolute Gasteiger partial charge is 0.349 e. The van der Waals surface area contributed by atoms with E-state index < -0.39 is 4.92 Å². The normalized spacial score (nSPS) is 26.1. The lowest BCUT2D eigenvalue weighted by atomic mass is 9.82. The number of nitrogen functional groups attached to an aromatic ring is 1. The Hall–Kier alpha value is -1.96. The zero-order chi connectivity index (χ0) is 14.7. The van der Waals surface area contributed by atoms with Crippen molar-refractivity contribution in [1.82, 2.24) is 9.97 Å². The Balaban J connectivity index is 2.20. The number of hydrogen-bond acceptors (Lipinski definition) is 7. The maximum absolute atomic E-state index is 11.0. The molecule has 2 unspecified atom stereocenters. The average molecular weight is 281 g/mol. The first-order chi connectivity index (χ1) is 9.49. The maximum atomic E-state index is 11.0. The molecule has 110 valence electrons. The van der Waals surface area contributed by atoms with Crippen LogP contribution < -0.4 is 16.0 Å². The molecule has 1 aromatic heterocycles. The molecule has 0 bridgehead atoms. The van der Waals surface area contributed by atoms with Crippen LogP contribution in [0, 0.1) is 22.0 Å². The maximum Gasteiger partial charge on any atom is 0.349 e. The monoisotopic (exact) mass is 281 g/mol. The van der Waals surface area contributed by atoms with E-state index in [0.29, 0.717) is 11.8 Å². The lowest BCUT2D eigenvalue weighted by molar-refractivity contribution is -0.386. The molecule has 2 rings (SSSR count). The summed E-state index contributed by atoms with van der Waals surface area (Å²) in [5.74, 6) is 6.37. The fraction of sp³-hybridized carbons (Fsp3) is 0.667. The minimum Gasteiger partial charge on any atom is -0.469 e. The van der Waals surface area contributed by atoms with Crippen LogP contribution in [-0.4, -0.2) is 21.0 Å².